The highest BCUT2D eigenvalue weighted by Crippen LogP contribution is 2.64. The molecular formula is C70H114Cl6P4. The van der Waals surface area contributed by atoms with Gasteiger partial charge in [-0.05, 0) is 90.3 Å². The molecule has 0 saturated heterocycles. The van der Waals surface area contributed by atoms with Gasteiger partial charge >= 0.3 is 0 Å². The van der Waals surface area contributed by atoms with Gasteiger partial charge in [-0.15, -0.1) is 0 Å². The standard InChI is InChI=1S/C19H32Cl2P.C19H17P.C19H34P.C13H30P.4ClH/c1-4-7-12-22(13-8-5-2,14-9-6-3)16-17-10-11-18(20)19(21)15-17;20-19(16-10-4-1-5-11-16,17-12-6-2-7-13-17)18-14-8-3-9-15-18;1-4-7-15-20(16-8-5-2,17-9-6-3)18-19-13-11-10-12-14-19;1-5-8-11-14(4,12-9-6-2)13-10-7-3;;;;/h10-11,15H,4-9,12-14,16H2,1-3H3;1-15H,20H2;10-14H,4-9,15-18H2,1-3H3;5-13H2,1-4H3;4*1H/q+1;;2*+1;;;;/p-3. The number of unbranched alkanes of at least 4 members (excludes halogenated alkanes) is 9. The van der Waals surface area contributed by atoms with Crippen molar-refractivity contribution >= 4 is 54.2 Å². The van der Waals surface area contributed by atoms with Crippen LogP contribution in [0, 0.1) is 0 Å². The fraction of sp³-hybridized carbons (Fsp3) is 0.571. The van der Waals surface area contributed by atoms with Crippen LogP contribution in [-0.2, 0) is 17.5 Å². The zero-order valence-corrected chi connectivity index (χ0v) is 60.7. The van der Waals surface area contributed by atoms with Crippen LogP contribution in [0.1, 0.15) is 206 Å². The van der Waals surface area contributed by atoms with Crippen molar-refractivity contribution in [3.8, 4) is 0 Å². The molecule has 0 aliphatic carbocycles. The van der Waals surface area contributed by atoms with Crippen molar-refractivity contribution < 1.29 is 49.6 Å². The topological polar surface area (TPSA) is 0 Å². The molecule has 0 fully saturated rings. The molecule has 0 radical (unpaired) electrons. The highest BCUT2D eigenvalue weighted by atomic mass is 35.5. The molecule has 0 spiro atoms. The molecule has 80 heavy (non-hydrogen) atoms. The third-order valence-electron chi connectivity index (χ3n) is 15.7. The van der Waals surface area contributed by atoms with E-state index in [9.17, 15) is 0 Å². The van der Waals surface area contributed by atoms with Crippen molar-refractivity contribution in [3.63, 3.8) is 0 Å². The van der Waals surface area contributed by atoms with E-state index >= 15 is 0 Å². The van der Waals surface area contributed by atoms with Crippen molar-refractivity contribution in [2.24, 2.45) is 0 Å². The zero-order valence-electron chi connectivity index (χ0n) is 52.1. The predicted molar refractivity (Wildman–Crippen MR) is 365 cm³/mol. The Bertz CT molecular complexity index is 1970. The number of halogens is 6. The molecule has 0 N–H and O–H groups in total. The molecule has 1 unspecified atom stereocenters. The molecule has 0 aliphatic heterocycles. The van der Waals surface area contributed by atoms with E-state index in [-0.39, 0.29) is 54.8 Å². The number of hydrogen-bond acceptors (Lipinski definition) is 0. The lowest BCUT2D eigenvalue weighted by Gasteiger charge is -2.28. The van der Waals surface area contributed by atoms with E-state index in [1.165, 1.54) is 187 Å². The van der Waals surface area contributed by atoms with Crippen LogP contribution in [0.25, 0.3) is 0 Å². The molecule has 456 valence electrons. The van der Waals surface area contributed by atoms with E-state index < -0.39 is 21.8 Å². The largest absolute Gasteiger partial charge is 1.00 e. The van der Waals surface area contributed by atoms with Gasteiger partial charge in [-0.2, -0.15) is 0 Å². The summed E-state index contributed by atoms with van der Waals surface area (Å²) in [5.74, 6) is 0. The van der Waals surface area contributed by atoms with E-state index in [2.05, 4.69) is 202 Å². The van der Waals surface area contributed by atoms with E-state index in [1.807, 2.05) is 15.3 Å². The van der Waals surface area contributed by atoms with Crippen LogP contribution in [0.2, 0.25) is 10.0 Å². The zero-order chi connectivity index (χ0) is 55.8. The Hall–Kier alpha value is -0.440. The maximum atomic E-state index is 6.24. The van der Waals surface area contributed by atoms with Gasteiger partial charge in [0.25, 0.3) is 0 Å². The van der Waals surface area contributed by atoms with Crippen LogP contribution in [0.3, 0.4) is 0 Å². The molecule has 0 aromatic heterocycles. The van der Waals surface area contributed by atoms with Crippen LogP contribution >= 0.6 is 54.2 Å². The van der Waals surface area contributed by atoms with Crippen molar-refractivity contribution in [2.45, 2.75) is 195 Å². The fourth-order valence-corrected chi connectivity index (χ4v) is 25.8. The molecule has 5 rings (SSSR count). The molecule has 0 bridgehead atoms. The summed E-state index contributed by atoms with van der Waals surface area (Å²) >= 11 is 12.3. The van der Waals surface area contributed by atoms with Gasteiger partial charge in [-0.25, -0.2) is 0 Å². The monoisotopic (exact) mass is 1290 g/mol. The molecule has 5 aromatic carbocycles. The molecule has 0 saturated carbocycles. The van der Waals surface area contributed by atoms with Crippen LogP contribution in [0.15, 0.2) is 140 Å². The Kier molecular flexibility index (Phi) is 53.1. The quantitative estimate of drug-likeness (QED) is 0.0284. The van der Waals surface area contributed by atoms with Gasteiger partial charge in [0.05, 0.1) is 77.8 Å². The predicted octanol–water partition coefficient (Wildman–Crippen LogP) is 12.2. The van der Waals surface area contributed by atoms with Crippen molar-refractivity contribution in [3.05, 3.63) is 177 Å². The SMILES string of the molecule is CCCC[P+](C)(CCCC)CCCC.CCCC[P+](CCCC)(CCCC)Cc1ccc(Cl)c(Cl)c1.CCCC[P+](CCCC)(CCCC)Cc1ccccc1.[Cl-].[Cl-].[Cl-].[Cl-].[PH3+]C(c1ccccc1)(c1ccccc1)c1ccccc1. The molecule has 0 amide bonds. The van der Waals surface area contributed by atoms with Crippen LogP contribution in [-0.4, -0.2) is 62.1 Å². The first kappa shape index (κ1) is 83.8. The average Bonchev–Trinajstić information content (AvgIpc) is 3.46. The average molecular weight is 1290 g/mol. The molecule has 0 nitrogen and oxygen atoms in total. The van der Waals surface area contributed by atoms with Crippen molar-refractivity contribution in [1.29, 1.82) is 0 Å². The van der Waals surface area contributed by atoms with Crippen LogP contribution in [0.4, 0.5) is 0 Å². The second-order valence-electron chi connectivity index (χ2n) is 22.6. The highest BCUT2D eigenvalue weighted by molar-refractivity contribution is 7.75. The number of benzene rings is 5. The van der Waals surface area contributed by atoms with E-state index in [4.69, 9.17) is 23.2 Å². The second-order valence-corrected chi connectivity index (χ2v) is 37.7. The van der Waals surface area contributed by atoms with Gasteiger partial charge < -0.3 is 49.6 Å². The molecule has 10 heteroatoms. The van der Waals surface area contributed by atoms with Gasteiger partial charge in [0.15, 0.2) is 0 Å². The van der Waals surface area contributed by atoms with Gasteiger partial charge in [0.1, 0.15) is 5.16 Å². The first-order valence-electron chi connectivity index (χ1n) is 30.9. The summed E-state index contributed by atoms with van der Waals surface area (Å²) in [4.78, 5) is 0. The lowest BCUT2D eigenvalue weighted by Crippen LogP contribution is -3.00. The third-order valence-corrected chi connectivity index (χ3v) is 31.5. The van der Waals surface area contributed by atoms with E-state index in [1.54, 1.807) is 24.0 Å². The third kappa shape index (κ3) is 32.9. The van der Waals surface area contributed by atoms with Crippen LogP contribution < -0.4 is 49.6 Å². The first-order chi connectivity index (χ1) is 36.8. The minimum absolute atomic E-state index is 0. The minimum Gasteiger partial charge on any atom is -1.00 e. The van der Waals surface area contributed by atoms with Gasteiger partial charge in [-0.1, -0.05) is 271 Å². The highest BCUT2D eigenvalue weighted by Gasteiger charge is 2.38. The first-order valence-corrected chi connectivity index (χ1v) is 40.2. The van der Waals surface area contributed by atoms with Gasteiger partial charge in [0.2, 0.25) is 0 Å². The minimum atomic E-state index is -0.904. The van der Waals surface area contributed by atoms with Gasteiger partial charge in [-0.3, -0.25) is 0 Å². The van der Waals surface area contributed by atoms with Crippen molar-refractivity contribution in [1.82, 2.24) is 0 Å². The lowest BCUT2D eigenvalue weighted by molar-refractivity contribution is -0.00100. The molecule has 1 atom stereocenters. The van der Waals surface area contributed by atoms with Gasteiger partial charge in [0, 0.05) is 45.1 Å². The number of rotatable bonds is 34. The van der Waals surface area contributed by atoms with E-state index in [0.29, 0.717) is 10.0 Å². The van der Waals surface area contributed by atoms with E-state index in [0.717, 1.165) is 0 Å². The Balaban J connectivity index is -0.000000983. The summed E-state index contributed by atoms with van der Waals surface area (Å²) < 4.78 is 0. The fourth-order valence-electron chi connectivity index (χ4n) is 10.7. The summed E-state index contributed by atoms with van der Waals surface area (Å²) in [6.45, 7) is 23.6. The molecule has 5 aromatic rings. The Morgan fingerprint density at radius 2 is 0.575 bits per heavy atom. The maximum absolute atomic E-state index is 6.24. The lowest BCUT2D eigenvalue weighted by atomic mass is 9.84. The van der Waals surface area contributed by atoms with Crippen molar-refractivity contribution in [2.75, 3.05) is 62.1 Å². The normalized spacial score (nSPS) is 11.2. The second kappa shape index (κ2) is 50.7. The summed E-state index contributed by atoms with van der Waals surface area (Å²) in [6, 6.07) is 49.7. The summed E-state index contributed by atoms with van der Waals surface area (Å²) in [5.41, 5.74) is 6.97. The van der Waals surface area contributed by atoms with Crippen LogP contribution in [0.5, 0.6) is 0 Å². The molecular weight excluding hydrogens is 1180 g/mol. The maximum Gasteiger partial charge on any atom is 0.147 e. The summed E-state index contributed by atoms with van der Waals surface area (Å²) in [5, 5.41) is 1.29. The smallest absolute Gasteiger partial charge is 0.147 e. The summed E-state index contributed by atoms with van der Waals surface area (Å²) in [6.07, 6.45) is 41.2. The molecule has 0 heterocycles. The Morgan fingerprint density at radius 3 is 0.838 bits per heavy atom. The Morgan fingerprint density at radius 1 is 0.325 bits per heavy atom. The Labute approximate surface area is 534 Å². The summed E-state index contributed by atoms with van der Waals surface area (Å²) in [7, 11) is -0.146. The molecule has 0 aliphatic rings. The number of hydrogen-bond donors (Lipinski definition) is 0.